The first kappa shape index (κ1) is 30.6. The van der Waals surface area contributed by atoms with Crippen molar-refractivity contribution in [2.45, 2.75) is 47.9 Å². The zero-order chi connectivity index (χ0) is 26.3. The Kier molecular flexibility index (Phi) is 10.8. The van der Waals surface area contributed by atoms with Gasteiger partial charge in [0.1, 0.15) is 19.3 Å². The highest BCUT2D eigenvalue weighted by atomic mass is 32.3. The van der Waals surface area contributed by atoms with E-state index in [1.165, 1.54) is 0 Å². The van der Waals surface area contributed by atoms with E-state index >= 15 is 0 Å². The molecule has 1 unspecified atom stereocenters. The van der Waals surface area contributed by atoms with Crippen molar-refractivity contribution in [1.82, 2.24) is 0 Å². The summed E-state index contributed by atoms with van der Waals surface area (Å²) in [7, 11) is -13.7. The van der Waals surface area contributed by atoms with Crippen LogP contribution in [0.3, 0.4) is 0 Å². The maximum absolute atomic E-state index is 12.7. The fourth-order valence-electron chi connectivity index (χ4n) is 1.95. The predicted molar refractivity (Wildman–Crippen MR) is 95.3 cm³/mol. The normalized spacial score (nSPS) is 13.8. The second-order valence-electron chi connectivity index (χ2n) is 6.04. The summed E-state index contributed by atoms with van der Waals surface area (Å²) in [6, 6.07) is 0. The molecule has 0 aliphatic heterocycles. The number of esters is 3. The first-order valence-corrected chi connectivity index (χ1v) is 11.6. The Hall–Kier alpha value is -2.37. The molecule has 33 heavy (non-hydrogen) atoms. The number of halogens is 6. The quantitative estimate of drug-likeness (QED) is 0.118. The number of carbonyl (C=O) groups excluding carboxylic acids is 3. The smallest absolute Gasteiger partial charge is 0.463 e. The van der Waals surface area contributed by atoms with E-state index < -0.39 is 85.2 Å². The van der Waals surface area contributed by atoms with Crippen LogP contribution in [0.2, 0.25) is 0 Å². The van der Waals surface area contributed by atoms with Gasteiger partial charge in [-0.25, -0.2) is 21.6 Å². The Morgan fingerprint density at radius 3 is 1.70 bits per heavy atom. The third-order valence-corrected chi connectivity index (χ3v) is 8.06. The van der Waals surface area contributed by atoms with Gasteiger partial charge < -0.3 is 14.2 Å². The molecule has 0 N–H and O–H groups in total. The lowest BCUT2D eigenvalue weighted by Crippen LogP contribution is -2.46. The summed E-state index contributed by atoms with van der Waals surface area (Å²) < 4.78 is 131. The van der Waals surface area contributed by atoms with E-state index in [4.69, 9.17) is 0 Å². The molecule has 1 atom stereocenters. The Bertz CT molecular complexity index is 893. The first-order chi connectivity index (χ1) is 14.8. The van der Waals surface area contributed by atoms with Crippen molar-refractivity contribution in [3.8, 4) is 0 Å². The van der Waals surface area contributed by atoms with Crippen LogP contribution in [0.15, 0.2) is 12.7 Å². The maximum Gasteiger partial charge on any atom is 0.498 e. The summed E-state index contributed by atoms with van der Waals surface area (Å²) in [5.74, 6) is -3.20. The van der Waals surface area contributed by atoms with Crippen molar-refractivity contribution in [2.24, 2.45) is 0 Å². The predicted octanol–water partition coefficient (Wildman–Crippen LogP) is 1.56. The van der Waals surface area contributed by atoms with Crippen LogP contribution in [0.1, 0.15) is 26.2 Å². The summed E-state index contributed by atoms with van der Waals surface area (Å²) in [6.45, 7) is 3.01. The lowest BCUT2D eigenvalue weighted by atomic mass is 10.3. The Balaban J connectivity index is 5.06. The highest BCUT2D eigenvalue weighted by molar-refractivity contribution is 8.09. The van der Waals surface area contributed by atoms with E-state index in [0.717, 1.165) is 6.08 Å². The largest absolute Gasteiger partial charge is 0.498 e. The van der Waals surface area contributed by atoms with Gasteiger partial charge in [-0.05, 0) is 6.92 Å². The van der Waals surface area contributed by atoms with Crippen LogP contribution >= 0.6 is 0 Å². The average Bonchev–Trinajstić information content (AvgIpc) is 2.65. The van der Waals surface area contributed by atoms with Gasteiger partial charge >= 0.3 is 28.9 Å². The molecule has 0 aromatic heterocycles. The van der Waals surface area contributed by atoms with Gasteiger partial charge in [-0.3, -0.25) is 9.59 Å². The van der Waals surface area contributed by atoms with Crippen molar-refractivity contribution < 1.29 is 71.8 Å². The number of hydrogen-bond donors (Lipinski definition) is 0. The van der Waals surface area contributed by atoms with E-state index in [2.05, 4.69) is 20.8 Å². The molecule has 10 nitrogen and oxygen atoms in total. The van der Waals surface area contributed by atoms with Crippen molar-refractivity contribution in [1.29, 1.82) is 0 Å². The molecule has 0 aromatic carbocycles. The molecule has 0 aromatic rings. The van der Waals surface area contributed by atoms with Crippen molar-refractivity contribution in [3.63, 3.8) is 0 Å². The number of carbonyl (C=O) groups is 3. The highest BCUT2D eigenvalue weighted by Crippen LogP contribution is 2.38. The molecule has 0 spiro atoms. The minimum atomic E-state index is -6.87. The average molecular weight is 536 g/mol. The topological polar surface area (TPSA) is 147 Å². The number of ether oxygens (including phenoxy) is 3. The Labute approximate surface area is 183 Å². The minimum absolute atomic E-state index is 0.346. The fraction of sp³-hybridized carbons (Fsp3) is 0.667. The van der Waals surface area contributed by atoms with Gasteiger partial charge in [-0.15, -0.1) is 0 Å². The second kappa shape index (κ2) is 11.7. The molecule has 0 amide bonds. The number of sulfone groups is 2. The van der Waals surface area contributed by atoms with Gasteiger partial charge in [0.15, 0.2) is 4.58 Å². The van der Waals surface area contributed by atoms with Crippen LogP contribution in [0.4, 0.5) is 26.3 Å². The van der Waals surface area contributed by atoms with Gasteiger partial charge in [-0.2, -0.15) is 26.3 Å². The maximum atomic E-state index is 12.7. The highest BCUT2D eigenvalue weighted by Gasteiger charge is 2.63. The summed E-state index contributed by atoms with van der Waals surface area (Å²) in [5.41, 5.74) is -12.7. The second-order valence-corrected chi connectivity index (χ2v) is 10.6. The van der Waals surface area contributed by atoms with E-state index in [9.17, 15) is 57.6 Å². The molecule has 18 heteroatoms. The summed E-state index contributed by atoms with van der Waals surface area (Å²) in [5, 5.41) is 0. The molecular weight excluding hydrogens is 518 g/mol. The lowest BCUT2D eigenvalue weighted by molar-refractivity contribution is -0.154. The number of rotatable bonds is 12. The van der Waals surface area contributed by atoms with Gasteiger partial charge in [0.2, 0.25) is 0 Å². The molecule has 0 saturated carbocycles. The first-order valence-electron chi connectivity index (χ1n) is 8.52. The molecule has 0 saturated heterocycles. The van der Waals surface area contributed by atoms with Crippen LogP contribution in [-0.2, 0) is 48.3 Å². The third kappa shape index (κ3) is 9.18. The molecule has 0 bridgehead atoms. The summed E-state index contributed by atoms with van der Waals surface area (Å²) >= 11 is 0. The SMILES string of the molecule is C=CC(=O)OCCOC(=O)CCC(=O)OC(C)CC(S(=O)(=O)C(F)(F)F)S(=O)(=O)C(F)(F)F. The van der Waals surface area contributed by atoms with Crippen LogP contribution in [0.5, 0.6) is 0 Å². The van der Waals surface area contributed by atoms with E-state index in [0.29, 0.717) is 6.92 Å². The van der Waals surface area contributed by atoms with Crippen LogP contribution in [0, 0.1) is 0 Å². The van der Waals surface area contributed by atoms with Gasteiger partial charge in [0.05, 0.1) is 12.8 Å². The molecule has 0 fully saturated rings. The zero-order valence-corrected chi connectivity index (χ0v) is 18.3. The van der Waals surface area contributed by atoms with Crippen molar-refractivity contribution in [3.05, 3.63) is 12.7 Å². The van der Waals surface area contributed by atoms with Crippen LogP contribution in [-0.4, -0.2) is 69.7 Å². The standard InChI is InChI=1S/C15H18F6O10S2/c1-3-10(22)29-6-7-30-11(23)4-5-12(24)31-9(2)8-13(32(25,26)14(16,17)18)33(27,28)15(19,20)21/h3,9,13H,1,4-8H2,2H3. The molecule has 0 rings (SSSR count). The van der Waals surface area contributed by atoms with Crippen molar-refractivity contribution >= 4 is 37.6 Å². The molecule has 0 radical (unpaired) electrons. The number of hydrogen-bond acceptors (Lipinski definition) is 10. The molecule has 0 aliphatic carbocycles. The van der Waals surface area contributed by atoms with Gasteiger partial charge in [0.25, 0.3) is 19.7 Å². The van der Waals surface area contributed by atoms with E-state index in [-0.39, 0.29) is 6.61 Å². The minimum Gasteiger partial charge on any atom is -0.463 e. The number of alkyl halides is 6. The molecule has 0 aliphatic rings. The Morgan fingerprint density at radius 2 is 1.27 bits per heavy atom. The van der Waals surface area contributed by atoms with Crippen LogP contribution in [0.25, 0.3) is 0 Å². The van der Waals surface area contributed by atoms with Crippen LogP contribution < -0.4 is 0 Å². The summed E-state index contributed by atoms with van der Waals surface area (Å²) in [6.07, 6.45) is -4.55. The zero-order valence-electron chi connectivity index (χ0n) is 16.6. The van der Waals surface area contributed by atoms with Gasteiger partial charge in [-0.1, -0.05) is 6.58 Å². The molecule has 0 heterocycles. The van der Waals surface area contributed by atoms with Gasteiger partial charge in [0, 0.05) is 12.5 Å². The molecule has 192 valence electrons. The lowest BCUT2D eigenvalue weighted by Gasteiger charge is -2.23. The summed E-state index contributed by atoms with van der Waals surface area (Å²) in [4.78, 5) is 33.8. The third-order valence-electron chi connectivity index (χ3n) is 3.49. The van der Waals surface area contributed by atoms with Crippen molar-refractivity contribution in [2.75, 3.05) is 13.2 Å². The van der Waals surface area contributed by atoms with E-state index in [1.54, 1.807) is 0 Å². The Morgan fingerprint density at radius 1 is 0.848 bits per heavy atom. The monoisotopic (exact) mass is 536 g/mol. The molecular formula is C15H18F6O10S2. The van der Waals surface area contributed by atoms with E-state index in [1.807, 2.05) is 0 Å². The fourth-order valence-corrected chi connectivity index (χ4v) is 5.59.